The molecule has 0 saturated carbocycles. The quantitative estimate of drug-likeness (QED) is 0.803. The van der Waals surface area contributed by atoms with Crippen molar-refractivity contribution in [3.05, 3.63) is 39.4 Å². The van der Waals surface area contributed by atoms with E-state index in [0.717, 1.165) is 12.2 Å². The van der Waals surface area contributed by atoms with E-state index in [9.17, 15) is 0 Å². The van der Waals surface area contributed by atoms with Gasteiger partial charge in [-0.2, -0.15) is 0 Å². The van der Waals surface area contributed by atoms with Crippen LogP contribution in [0.1, 0.15) is 17.6 Å². The summed E-state index contributed by atoms with van der Waals surface area (Å²) in [4.78, 5) is 12.0. The predicted octanol–water partition coefficient (Wildman–Crippen LogP) is 3.57. The SMILES string of the molecule is Cc1nc(Cl)cc(N(C)C(C)Cc2cccs2)n1. The molecule has 2 rings (SSSR count). The van der Waals surface area contributed by atoms with Crippen LogP contribution in [0.15, 0.2) is 23.6 Å². The highest BCUT2D eigenvalue weighted by atomic mass is 35.5. The van der Waals surface area contributed by atoms with E-state index in [2.05, 4.69) is 39.3 Å². The van der Waals surface area contributed by atoms with Crippen LogP contribution in [-0.2, 0) is 6.42 Å². The molecular weight excluding hydrogens is 266 g/mol. The highest BCUT2D eigenvalue weighted by Crippen LogP contribution is 2.20. The Morgan fingerprint density at radius 1 is 1.44 bits per heavy atom. The summed E-state index contributed by atoms with van der Waals surface area (Å²) in [7, 11) is 2.04. The van der Waals surface area contributed by atoms with E-state index >= 15 is 0 Å². The summed E-state index contributed by atoms with van der Waals surface area (Å²) < 4.78 is 0. The number of thiophene rings is 1. The zero-order valence-corrected chi connectivity index (χ0v) is 12.3. The smallest absolute Gasteiger partial charge is 0.134 e. The molecular formula is C13H16ClN3S. The molecule has 2 heterocycles. The van der Waals surface area contributed by atoms with Crippen molar-refractivity contribution in [3.8, 4) is 0 Å². The Kier molecular flexibility index (Phi) is 4.19. The van der Waals surface area contributed by atoms with Crippen LogP contribution in [0.4, 0.5) is 5.82 Å². The van der Waals surface area contributed by atoms with Crippen molar-refractivity contribution >= 4 is 28.8 Å². The molecule has 0 fully saturated rings. The van der Waals surface area contributed by atoms with E-state index in [0.29, 0.717) is 17.0 Å². The molecule has 0 aliphatic carbocycles. The summed E-state index contributed by atoms with van der Waals surface area (Å²) in [5.74, 6) is 1.57. The molecule has 0 spiro atoms. The van der Waals surface area contributed by atoms with E-state index in [4.69, 9.17) is 11.6 Å². The van der Waals surface area contributed by atoms with E-state index in [1.807, 2.05) is 14.0 Å². The fraction of sp³-hybridized carbons (Fsp3) is 0.385. The average Bonchev–Trinajstić information content (AvgIpc) is 2.79. The molecule has 0 radical (unpaired) electrons. The third-order valence-corrected chi connectivity index (χ3v) is 3.98. The van der Waals surface area contributed by atoms with Crippen molar-refractivity contribution in [1.29, 1.82) is 0 Å². The van der Waals surface area contributed by atoms with Crippen LogP contribution in [0, 0.1) is 6.92 Å². The van der Waals surface area contributed by atoms with Crippen LogP contribution < -0.4 is 4.90 Å². The molecule has 1 unspecified atom stereocenters. The standard InChI is InChI=1S/C13H16ClN3S/c1-9(7-11-5-4-6-18-11)17(3)13-8-12(14)15-10(2)16-13/h4-6,8-9H,7H2,1-3H3. The first-order chi connectivity index (χ1) is 8.56. The number of anilines is 1. The second-order valence-corrected chi connectivity index (χ2v) is 5.76. The van der Waals surface area contributed by atoms with Crippen LogP contribution in [0.3, 0.4) is 0 Å². The van der Waals surface area contributed by atoms with Crippen LogP contribution in [0.25, 0.3) is 0 Å². The Morgan fingerprint density at radius 3 is 2.83 bits per heavy atom. The van der Waals surface area contributed by atoms with Gasteiger partial charge in [-0.25, -0.2) is 9.97 Å². The van der Waals surface area contributed by atoms with Gasteiger partial charge in [0, 0.05) is 30.5 Å². The Bertz CT molecular complexity index is 493. The maximum Gasteiger partial charge on any atom is 0.134 e. The summed E-state index contributed by atoms with van der Waals surface area (Å²) in [6.07, 6.45) is 1.01. The molecule has 18 heavy (non-hydrogen) atoms. The number of halogens is 1. The normalized spacial score (nSPS) is 12.4. The maximum absolute atomic E-state index is 5.97. The Labute approximate surface area is 116 Å². The van der Waals surface area contributed by atoms with Gasteiger partial charge in [-0.15, -0.1) is 11.3 Å². The Balaban J connectivity index is 2.12. The van der Waals surface area contributed by atoms with Crippen molar-refractivity contribution in [1.82, 2.24) is 9.97 Å². The number of likely N-dealkylation sites (N-methyl/N-ethyl adjacent to an activating group) is 1. The number of hydrogen-bond acceptors (Lipinski definition) is 4. The lowest BCUT2D eigenvalue weighted by Gasteiger charge is -2.25. The van der Waals surface area contributed by atoms with Gasteiger partial charge in [-0.1, -0.05) is 17.7 Å². The first kappa shape index (κ1) is 13.3. The summed E-state index contributed by atoms with van der Waals surface area (Å²) >= 11 is 7.75. The fourth-order valence-corrected chi connectivity index (χ4v) is 2.83. The van der Waals surface area contributed by atoms with Gasteiger partial charge < -0.3 is 4.90 Å². The number of nitrogens with zero attached hydrogens (tertiary/aromatic N) is 3. The second-order valence-electron chi connectivity index (χ2n) is 4.34. The minimum Gasteiger partial charge on any atom is -0.356 e. The zero-order chi connectivity index (χ0) is 13.1. The predicted molar refractivity (Wildman–Crippen MR) is 77.7 cm³/mol. The topological polar surface area (TPSA) is 29.0 Å². The lowest BCUT2D eigenvalue weighted by Crippen LogP contribution is -2.31. The number of hydrogen-bond donors (Lipinski definition) is 0. The number of aromatic nitrogens is 2. The van der Waals surface area contributed by atoms with Crippen LogP contribution in [0.5, 0.6) is 0 Å². The van der Waals surface area contributed by atoms with Gasteiger partial charge in [0.2, 0.25) is 0 Å². The van der Waals surface area contributed by atoms with Gasteiger partial charge in [0.05, 0.1) is 0 Å². The van der Waals surface area contributed by atoms with Crippen molar-refractivity contribution < 1.29 is 0 Å². The van der Waals surface area contributed by atoms with E-state index < -0.39 is 0 Å². The first-order valence-corrected chi connectivity index (χ1v) is 7.08. The molecule has 2 aromatic heterocycles. The summed E-state index contributed by atoms with van der Waals surface area (Å²) in [6, 6.07) is 6.42. The molecule has 0 amide bonds. The molecule has 0 bridgehead atoms. The van der Waals surface area contributed by atoms with Gasteiger partial charge in [0.1, 0.15) is 16.8 Å². The molecule has 2 aromatic rings. The molecule has 0 aliphatic rings. The molecule has 3 nitrogen and oxygen atoms in total. The van der Waals surface area contributed by atoms with Crippen molar-refractivity contribution in [3.63, 3.8) is 0 Å². The average molecular weight is 282 g/mol. The third kappa shape index (κ3) is 3.21. The van der Waals surface area contributed by atoms with Gasteiger partial charge in [-0.05, 0) is 25.3 Å². The lowest BCUT2D eigenvalue weighted by molar-refractivity contribution is 0.678. The second kappa shape index (κ2) is 5.67. The number of aryl methyl sites for hydroxylation is 1. The summed E-state index contributed by atoms with van der Waals surface area (Å²) in [5, 5.41) is 2.60. The Morgan fingerprint density at radius 2 is 2.22 bits per heavy atom. The van der Waals surface area contributed by atoms with E-state index in [1.165, 1.54) is 4.88 Å². The molecule has 96 valence electrons. The zero-order valence-electron chi connectivity index (χ0n) is 10.7. The van der Waals surface area contributed by atoms with Crippen molar-refractivity contribution in [2.24, 2.45) is 0 Å². The molecule has 0 aromatic carbocycles. The van der Waals surface area contributed by atoms with Gasteiger partial charge in [0.15, 0.2) is 0 Å². The highest BCUT2D eigenvalue weighted by Gasteiger charge is 2.13. The van der Waals surface area contributed by atoms with Crippen LogP contribution in [0.2, 0.25) is 5.15 Å². The van der Waals surface area contributed by atoms with E-state index in [1.54, 1.807) is 17.4 Å². The molecule has 1 atom stereocenters. The first-order valence-electron chi connectivity index (χ1n) is 5.82. The fourth-order valence-electron chi connectivity index (χ4n) is 1.78. The minimum absolute atomic E-state index is 0.369. The van der Waals surface area contributed by atoms with Crippen molar-refractivity contribution in [2.75, 3.05) is 11.9 Å². The monoisotopic (exact) mass is 281 g/mol. The lowest BCUT2D eigenvalue weighted by atomic mass is 10.2. The van der Waals surface area contributed by atoms with Gasteiger partial charge >= 0.3 is 0 Å². The number of rotatable bonds is 4. The molecule has 0 saturated heterocycles. The van der Waals surface area contributed by atoms with Crippen LogP contribution >= 0.6 is 22.9 Å². The largest absolute Gasteiger partial charge is 0.356 e. The minimum atomic E-state index is 0.369. The van der Waals surface area contributed by atoms with Crippen molar-refractivity contribution in [2.45, 2.75) is 26.3 Å². The van der Waals surface area contributed by atoms with E-state index in [-0.39, 0.29) is 0 Å². The van der Waals surface area contributed by atoms with Crippen LogP contribution in [-0.4, -0.2) is 23.1 Å². The third-order valence-electron chi connectivity index (χ3n) is 2.89. The Hall–Kier alpha value is -1.13. The maximum atomic E-state index is 5.97. The molecule has 0 N–H and O–H groups in total. The van der Waals surface area contributed by atoms with Gasteiger partial charge in [-0.3, -0.25) is 0 Å². The summed E-state index contributed by atoms with van der Waals surface area (Å²) in [6.45, 7) is 4.04. The summed E-state index contributed by atoms with van der Waals surface area (Å²) in [5.41, 5.74) is 0. The highest BCUT2D eigenvalue weighted by molar-refractivity contribution is 7.09. The molecule has 0 aliphatic heterocycles. The van der Waals surface area contributed by atoms with Gasteiger partial charge in [0.25, 0.3) is 0 Å². The molecule has 5 heteroatoms.